The summed E-state index contributed by atoms with van der Waals surface area (Å²) in [5, 5.41) is 11.8. The molecule has 0 unspecified atom stereocenters. The normalized spacial score (nSPS) is 13.4. The van der Waals surface area contributed by atoms with Crippen molar-refractivity contribution in [3.8, 4) is 28.7 Å². The number of hydrogen-bond donors (Lipinski definition) is 0. The Morgan fingerprint density at radius 3 is 2.36 bits per heavy atom. The van der Waals surface area contributed by atoms with E-state index in [0.717, 1.165) is 0 Å². The van der Waals surface area contributed by atoms with Gasteiger partial charge in [-0.2, -0.15) is 0 Å². The summed E-state index contributed by atoms with van der Waals surface area (Å²) < 4.78 is 27.5. The van der Waals surface area contributed by atoms with Gasteiger partial charge >= 0.3 is 0 Å². The van der Waals surface area contributed by atoms with Gasteiger partial charge in [-0.05, 0) is 32.1 Å². The maximum atomic E-state index is 13.2. The molecule has 0 spiro atoms. The molecule has 3 rings (SSSR count). The van der Waals surface area contributed by atoms with Gasteiger partial charge in [0.1, 0.15) is 28.4 Å². The largest absolute Gasteiger partial charge is 0.495 e. The number of ether oxygens (including phenoxy) is 5. The molecule has 0 radical (unpaired) electrons. The first kappa shape index (κ1) is 23.6. The molecule has 1 aliphatic heterocycles. The van der Waals surface area contributed by atoms with Gasteiger partial charge in [0.05, 0.1) is 37.9 Å². The van der Waals surface area contributed by atoms with E-state index >= 15 is 0 Å². The fourth-order valence-electron chi connectivity index (χ4n) is 3.48. The van der Waals surface area contributed by atoms with E-state index < -0.39 is 28.6 Å². The molecule has 0 bridgehead atoms. The van der Waals surface area contributed by atoms with Gasteiger partial charge in [0.2, 0.25) is 5.78 Å². The van der Waals surface area contributed by atoms with Crippen LogP contribution in [0.25, 0.3) is 12.2 Å². The zero-order valence-electron chi connectivity index (χ0n) is 19.1. The maximum Gasteiger partial charge on any atom is 0.287 e. The lowest BCUT2D eigenvalue weighted by Gasteiger charge is -2.29. The number of methoxy groups -OCH3 is 3. The Hall–Kier alpha value is -4.01. The molecule has 0 N–H and O–H groups in total. The van der Waals surface area contributed by atoms with Crippen LogP contribution in [0.2, 0.25) is 0 Å². The first-order valence-electron chi connectivity index (χ1n) is 9.97. The number of ketones is 1. The van der Waals surface area contributed by atoms with Crippen LogP contribution < -0.4 is 23.7 Å². The number of carbonyl (C=O) groups is 1. The van der Waals surface area contributed by atoms with Crippen LogP contribution in [0.4, 0.5) is 5.69 Å². The molecule has 9 nitrogen and oxygen atoms in total. The molecule has 0 aromatic heterocycles. The second-order valence-corrected chi connectivity index (χ2v) is 7.67. The number of nitrogens with zero attached hydrogens (tertiary/aromatic N) is 1. The summed E-state index contributed by atoms with van der Waals surface area (Å²) in [5.74, 6) is 0.846. The molecule has 0 saturated carbocycles. The Kier molecular flexibility index (Phi) is 6.62. The van der Waals surface area contributed by atoms with Crippen molar-refractivity contribution in [2.24, 2.45) is 0 Å². The molecule has 2 aromatic carbocycles. The number of fused-ring (bicyclic) bond motifs is 1. The summed E-state index contributed by atoms with van der Waals surface area (Å²) in [6.07, 6.45) is 5.05. The SMILES string of the molecule is C=Cc1cc(OC)c(OC)cc1OCC(=O)c1c([N+](=O)[O-])cc2c(c1OC)C=CC(C)(C)O2. The third kappa shape index (κ3) is 4.62. The molecule has 0 aliphatic carbocycles. The standard InChI is InChI=1S/C24H25NO8/c1-7-14-10-20(29-4)21(30-5)12-18(14)32-13-17(26)22-16(25(27)28)11-19-15(23(22)31-6)8-9-24(2,3)33-19/h7-12H,1,13H2,2-6H3. The number of carbonyl (C=O) groups excluding carboxylic acids is 1. The number of Topliss-reactive ketones (excluding diaryl/α,β-unsaturated/α-hetero) is 1. The van der Waals surface area contributed by atoms with Crippen LogP contribution in [0.15, 0.2) is 30.9 Å². The van der Waals surface area contributed by atoms with Crippen LogP contribution in [-0.4, -0.2) is 44.2 Å². The highest BCUT2D eigenvalue weighted by atomic mass is 16.6. The lowest BCUT2D eigenvalue weighted by Crippen LogP contribution is -2.28. The lowest BCUT2D eigenvalue weighted by molar-refractivity contribution is -0.385. The van der Waals surface area contributed by atoms with E-state index in [0.29, 0.717) is 28.4 Å². The van der Waals surface area contributed by atoms with Gasteiger partial charge in [0.25, 0.3) is 5.69 Å². The van der Waals surface area contributed by atoms with Gasteiger partial charge in [-0.1, -0.05) is 12.7 Å². The molecule has 1 heterocycles. The minimum atomic E-state index is -0.658. The van der Waals surface area contributed by atoms with E-state index in [-0.39, 0.29) is 17.1 Å². The van der Waals surface area contributed by atoms with Crippen LogP contribution in [0.5, 0.6) is 28.7 Å². The summed E-state index contributed by atoms with van der Waals surface area (Å²) in [6, 6.07) is 4.44. The van der Waals surface area contributed by atoms with Gasteiger partial charge in [0, 0.05) is 11.6 Å². The first-order valence-corrected chi connectivity index (χ1v) is 9.97. The number of benzene rings is 2. The highest BCUT2D eigenvalue weighted by Crippen LogP contribution is 2.44. The minimum absolute atomic E-state index is 0.0517. The quantitative estimate of drug-likeness (QED) is 0.304. The van der Waals surface area contributed by atoms with Crippen molar-refractivity contribution in [2.45, 2.75) is 19.4 Å². The Bertz CT molecular complexity index is 1150. The van der Waals surface area contributed by atoms with Crippen LogP contribution >= 0.6 is 0 Å². The molecule has 9 heteroatoms. The Morgan fingerprint density at radius 2 is 1.79 bits per heavy atom. The van der Waals surface area contributed by atoms with E-state index in [4.69, 9.17) is 23.7 Å². The Balaban J connectivity index is 2.01. The average molecular weight is 455 g/mol. The molecule has 2 aromatic rings. The summed E-state index contributed by atoms with van der Waals surface area (Å²) in [4.78, 5) is 24.3. The molecule has 33 heavy (non-hydrogen) atoms. The third-order valence-corrected chi connectivity index (χ3v) is 5.06. The summed E-state index contributed by atoms with van der Waals surface area (Å²) >= 11 is 0. The van der Waals surface area contributed by atoms with Crippen molar-refractivity contribution in [3.05, 3.63) is 57.7 Å². The molecule has 1 aliphatic rings. The molecule has 0 atom stereocenters. The van der Waals surface area contributed by atoms with Crippen molar-refractivity contribution >= 4 is 23.6 Å². The van der Waals surface area contributed by atoms with Gasteiger partial charge in [-0.3, -0.25) is 14.9 Å². The number of nitro groups is 1. The third-order valence-electron chi connectivity index (χ3n) is 5.06. The first-order chi connectivity index (χ1) is 15.6. The van der Waals surface area contributed by atoms with Crippen molar-refractivity contribution in [1.82, 2.24) is 0 Å². The smallest absolute Gasteiger partial charge is 0.287 e. The van der Waals surface area contributed by atoms with Crippen molar-refractivity contribution in [3.63, 3.8) is 0 Å². The molecular weight excluding hydrogens is 430 g/mol. The predicted molar refractivity (Wildman–Crippen MR) is 123 cm³/mol. The number of nitro benzene ring substituents is 1. The van der Waals surface area contributed by atoms with Gasteiger partial charge in [0.15, 0.2) is 18.1 Å². The highest BCUT2D eigenvalue weighted by Gasteiger charge is 2.34. The molecule has 0 amide bonds. The van der Waals surface area contributed by atoms with Crippen LogP contribution in [-0.2, 0) is 0 Å². The molecule has 174 valence electrons. The number of rotatable bonds is 9. The summed E-state index contributed by atoms with van der Waals surface area (Å²) in [6.45, 7) is 6.89. The Labute approximate surface area is 191 Å². The van der Waals surface area contributed by atoms with Crippen LogP contribution in [0.3, 0.4) is 0 Å². The fraction of sp³-hybridized carbons (Fsp3) is 0.292. The van der Waals surface area contributed by atoms with Gasteiger partial charge < -0.3 is 23.7 Å². The predicted octanol–water partition coefficient (Wildman–Crippen LogP) is 4.71. The zero-order valence-corrected chi connectivity index (χ0v) is 19.1. The lowest BCUT2D eigenvalue weighted by atomic mass is 9.97. The van der Waals surface area contributed by atoms with E-state index in [1.807, 2.05) is 13.8 Å². The van der Waals surface area contributed by atoms with Gasteiger partial charge in [-0.25, -0.2) is 0 Å². The second kappa shape index (κ2) is 9.23. The monoisotopic (exact) mass is 455 g/mol. The highest BCUT2D eigenvalue weighted by molar-refractivity contribution is 6.05. The number of hydrogen-bond acceptors (Lipinski definition) is 8. The average Bonchev–Trinajstić information content (AvgIpc) is 2.79. The van der Waals surface area contributed by atoms with Crippen molar-refractivity contribution in [2.75, 3.05) is 27.9 Å². The summed E-state index contributed by atoms with van der Waals surface area (Å²) in [5.41, 5.74) is -0.277. The maximum absolute atomic E-state index is 13.2. The summed E-state index contributed by atoms with van der Waals surface area (Å²) in [7, 11) is 4.31. The van der Waals surface area contributed by atoms with Crippen LogP contribution in [0, 0.1) is 10.1 Å². The van der Waals surface area contributed by atoms with Crippen molar-refractivity contribution in [1.29, 1.82) is 0 Å². The topological polar surface area (TPSA) is 106 Å². The van der Waals surface area contributed by atoms with Crippen molar-refractivity contribution < 1.29 is 33.4 Å². The van der Waals surface area contributed by atoms with E-state index in [9.17, 15) is 14.9 Å². The second-order valence-electron chi connectivity index (χ2n) is 7.67. The zero-order chi connectivity index (χ0) is 24.3. The Morgan fingerprint density at radius 1 is 1.12 bits per heavy atom. The van der Waals surface area contributed by atoms with Crippen LogP contribution in [0.1, 0.15) is 35.3 Å². The molecular formula is C24H25NO8. The van der Waals surface area contributed by atoms with E-state index in [2.05, 4.69) is 6.58 Å². The minimum Gasteiger partial charge on any atom is -0.495 e. The molecule has 0 fully saturated rings. The van der Waals surface area contributed by atoms with Gasteiger partial charge in [-0.15, -0.1) is 0 Å². The van der Waals surface area contributed by atoms with E-state index in [1.165, 1.54) is 33.5 Å². The molecule has 0 saturated heterocycles. The fourth-order valence-corrected chi connectivity index (χ4v) is 3.48. The van der Waals surface area contributed by atoms with E-state index in [1.54, 1.807) is 24.3 Å².